The molecule has 0 spiro atoms. The normalized spacial score (nSPS) is 10.6. The Labute approximate surface area is 234 Å². The van der Waals surface area contributed by atoms with E-state index in [2.05, 4.69) is 15.8 Å². The van der Waals surface area contributed by atoms with Crippen molar-refractivity contribution >= 4 is 52.9 Å². The van der Waals surface area contributed by atoms with E-state index in [1.807, 2.05) is 0 Å². The number of anilines is 1. The van der Waals surface area contributed by atoms with Crippen molar-refractivity contribution in [2.24, 2.45) is 5.10 Å². The van der Waals surface area contributed by atoms with Crippen LogP contribution in [-0.4, -0.2) is 31.1 Å². The van der Waals surface area contributed by atoms with E-state index in [4.69, 9.17) is 32.7 Å². The number of carbonyl (C=O) groups excluding carboxylic acids is 3. The van der Waals surface area contributed by atoms with E-state index in [0.717, 1.165) is 0 Å². The molecule has 0 heterocycles. The third-order valence-electron chi connectivity index (χ3n) is 5.38. The van der Waals surface area contributed by atoms with Gasteiger partial charge in [0.25, 0.3) is 11.8 Å². The second kappa shape index (κ2) is 12.7. The number of hydrogen-bond acceptors (Lipinski definition) is 6. The standard InChI is InChI=1S/C29H21Cl2N3O5/c1-38-25-13-6-20(7-14-25)29(37)39-26-15-10-23(31)16-21(26)17-32-34-28(36)19-4-11-24(12-5-19)33-27(35)18-2-8-22(30)9-3-18/h2-17H,1H3,(H,33,35)(H,34,36)/b32-17+. The van der Waals surface area contributed by atoms with Gasteiger partial charge in [0.1, 0.15) is 11.5 Å². The lowest BCUT2D eigenvalue weighted by Gasteiger charge is -2.09. The fourth-order valence-corrected chi connectivity index (χ4v) is 3.64. The van der Waals surface area contributed by atoms with E-state index >= 15 is 0 Å². The number of hydrogen-bond donors (Lipinski definition) is 2. The highest BCUT2D eigenvalue weighted by molar-refractivity contribution is 6.31. The minimum atomic E-state index is -0.582. The minimum Gasteiger partial charge on any atom is -0.497 e. The molecule has 196 valence electrons. The van der Waals surface area contributed by atoms with Gasteiger partial charge in [-0.2, -0.15) is 5.10 Å². The molecule has 0 aliphatic carbocycles. The lowest BCUT2D eigenvalue weighted by molar-refractivity contribution is 0.0733. The Morgan fingerprint density at radius 3 is 2.00 bits per heavy atom. The van der Waals surface area contributed by atoms with Gasteiger partial charge in [-0.1, -0.05) is 23.2 Å². The molecule has 0 saturated carbocycles. The Bertz CT molecular complexity index is 1520. The first kappa shape index (κ1) is 27.4. The van der Waals surface area contributed by atoms with Crippen LogP contribution in [0.3, 0.4) is 0 Å². The van der Waals surface area contributed by atoms with Gasteiger partial charge in [0.2, 0.25) is 0 Å². The van der Waals surface area contributed by atoms with Gasteiger partial charge in [-0.05, 0) is 91.0 Å². The second-order valence-corrected chi connectivity index (χ2v) is 8.91. The van der Waals surface area contributed by atoms with Crippen molar-refractivity contribution < 1.29 is 23.9 Å². The molecular formula is C29H21Cl2N3O5. The van der Waals surface area contributed by atoms with Crippen LogP contribution in [0.5, 0.6) is 11.5 Å². The predicted octanol–water partition coefficient (Wildman–Crippen LogP) is 6.24. The molecule has 0 saturated heterocycles. The van der Waals surface area contributed by atoms with Crippen LogP contribution in [0.4, 0.5) is 5.69 Å². The average molecular weight is 562 g/mol. The Kier molecular flexibility index (Phi) is 8.94. The summed E-state index contributed by atoms with van der Waals surface area (Å²) in [6.45, 7) is 0. The predicted molar refractivity (Wildman–Crippen MR) is 150 cm³/mol. The molecule has 0 aliphatic heterocycles. The molecule has 0 aromatic heterocycles. The average Bonchev–Trinajstić information content (AvgIpc) is 2.95. The van der Waals surface area contributed by atoms with Gasteiger partial charge < -0.3 is 14.8 Å². The first-order valence-electron chi connectivity index (χ1n) is 11.5. The van der Waals surface area contributed by atoms with Crippen molar-refractivity contribution in [2.45, 2.75) is 0 Å². The van der Waals surface area contributed by atoms with Gasteiger partial charge in [0, 0.05) is 32.4 Å². The van der Waals surface area contributed by atoms with Crippen LogP contribution >= 0.6 is 23.2 Å². The van der Waals surface area contributed by atoms with Gasteiger partial charge in [-0.25, -0.2) is 10.2 Å². The van der Waals surface area contributed by atoms with Crippen molar-refractivity contribution in [3.63, 3.8) is 0 Å². The summed E-state index contributed by atoms with van der Waals surface area (Å²) in [5.74, 6) is -0.557. The third kappa shape index (κ3) is 7.44. The molecule has 0 aliphatic rings. The first-order chi connectivity index (χ1) is 18.8. The fraction of sp³-hybridized carbons (Fsp3) is 0.0345. The summed E-state index contributed by atoms with van der Waals surface area (Å²) in [6.07, 6.45) is 1.32. The quantitative estimate of drug-likeness (QED) is 0.115. The summed E-state index contributed by atoms with van der Waals surface area (Å²) in [7, 11) is 1.53. The topological polar surface area (TPSA) is 106 Å². The number of methoxy groups -OCH3 is 1. The fourth-order valence-electron chi connectivity index (χ4n) is 3.33. The van der Waals surface area contributed by atoms with E-state index in [0.29, 0.717) is 43.7 Å². The minimum absolute atomic E-state index is 0.207. The number of rotatable bonds is 8. The largest absolute Gasteiger partial charge is 0.497 e. The summed E-state index contributed by atoms with van der Waals surface area (Å²) in [5, 5.41) is 7.64. The molecule has 2 amide bonds. The van der Waals surface area contributed by atoms with Crippen LogP contribution in [0.2, 0.25) is 10.0 Å². The van der Waals surface area contributed by atoms with Crippen LogP contribution in [0, 0.1) is 0 Å². The van der Waals surface area contributed by atoms with E-state index in [1.54, 1.807) is 84.9 Å². The summed E-state index contributed by atoms with van der Waals surface area (Å²) < 4.78 is 10.6. The molecule has 0 bridgehead atoms. The zero-order valence-electron chi connectivity index (χ0n) is 20.5. The van der Waals surface area contributed by atoms with E-state index in [-0.39, 0.29) is 11.7 Å². The van der Waals surface area contributed by atoms with Gasteiger partial charge >= 0.3 is 5.97 Å². The van der Waals surface area contributed by atoms with Gasteiger partial charge in [0.15, 0.2) is 0 Å². The smallest absolute Gasteiger partial charge is 0.343 e. The lowest BCUT2D eigenvalue weighted by Crippen LogP contribution is -2.18. The number of ether oxygens (including phenoxy) is 2. The van der Waals surface area contributed by atoms with E-state index < -0.39 is 11.9 Å². The third-order valence-corrected chi connectivity index (χ3v) is 5.87. The number of halogens is 2. The Balaban J connectivity index is 1.38. The molecule has 0 atom stereocenters. The molecule has 2 N–H and O–H groups in total. The molecule has 0 unspecified atom stereocenters. The number of nitrogens with zero attached hydrogens (tertiary/aromatic N) is 1. The zero-order valence-corrected chi connectivity index (χ0v) is 22.0. The summed E-state index contributed by atoms with van der Waals surface area (Å²) >= 11 is 12.0. The molecule has 4 rings (SSSR count). The molecule has 4 aromatic rings. The Hall–Kier alpha value is -4.66. The van der Waals surface area contributed by atoms with E-state index in [9.17, 15) is 14.4 Å². The maximum absolute atomic E-state index is 12.6. The lowest BCUT2D eigenvalue weighted by atomic mass is 10.1. The van der Waals surface area contributed by atoms with E-state index in [1.165, 1.54) is 19.4 Å². The highest BCUT2D eigenvalue weighted by Gasteiger charge is 2.13. The second-order valence-electron chi connectivity index (χ2n) is 8.04. The van der Waals surface area contributed by atoms with Crippen molar-refractivity contribution in [3.8, 4) is 11.5 Å². The van der Waals surface area contributed by atoms with Crippen LogP contribution in [0.15, 0.2) is 96.1 Å². The number of amides is 2. The molecule has 39 heavy (non-hydrogen) atoms. The van der Waals surface area contributed by atoms with Crippen LogP contribution in [0.25, 0.3) is 0 Å². The summed E-state index contributed by atoms with van der Waals surface area (Å²) in [6, 6.07) is 23.9. The molecule has 0 fully saturated rings. The summed E-state index contributed by atoms with van der Waals surface area (Å²) in [5.41, 5.74) is 4.40. The van der Waals surface area contributed by atoms with Gasteiger partial charge in [-0.15, -0.1) is 0 Å². The van der Waals surface area contributed by atoms with Crippen molar-refractivity contribution in [3.05, 3.63) is 123 Å². The number of esters is 1. The number of hydrazone groups is 1. The van der Waals surface area contributed by atoms with Crippen LogP contribution in [-0.2, 0) is 0 Å². The monoisotopic (exact) mass is 561 g/mol. The molecule has 0 radical (unpaired) electrons. The summed E-state index contributed by atoms with van der Waals surface area (Å²) in [4.78, 5) is 37.5. The number of nitrogens with one attached hydrogen (secondary N) is 2. The van der Waals surface area contributed by atoms with Crippen molar-refractivity contribution in [1.82, 2.24) is 5.43 Å². The maximum atomic E-state index is 12.6. The van der Waals surface area contributed by atoms with Crippen molar-refractivity contribution in [2.75, 3.05) is 12.4 Å². The molecule has 8 nitrogen and oxygen atoms in total. The Morgan fingerprint density at radius 1 is 0.744 bits per heavy atom. The highest BCUT2D eigenvalue weighted by atomic mass is 35.5. The maximum Gasteiger partial charge on any atom is 0.343 e. The van der Waals surface area contributed by atoms with Crippen molar-refractivity contribution in [1.29, 1.82) is 0 Å². The molecule has 10 heteroatoms. The SMILES string of the molecule is COc1ccc(C(=O)Oc2ccc(Cl)cc2/C=N/NC(=O)c2ccc(NC(=O)c3ccc(Cl)cc3)cc2)cc1. The highest BCUT2D eigenvalue weighted by Crippen LogP contribution is 2.23. The van der Waals surface area contributed by atoms with Crippen LogP contribution in [0.1, 0.15) is 36.6 Å². The first-order valence-corrected chi connectivity index (χ1v) is 12.2. The Morgan fingerprint density at radius 2 is 1.33 bits per heavy atom. The van der Waals surface area contributed by atoms with Gasteiger partial charge in [0.05, 0.1) is 18.9 Å². The van der Waals surface area contributed by atoms with Gasteiger partial charge in [-0.3, -0.25) is 9.59 Å². The molecule has 4 aromatic carbocycles. The van der Waals surface area contributed by atoms with Crippen LogP contribution < -0.4 is 20.2 Å². The number of carbonyl (C=O) groups is 3. The zero-order chi connectivity index (χ0) is 27.8. The number of benzene rings is 4. The molecular weight excluding hydrogens is 541 g/mol.